The summed E-state index contributed by atoms with van der Waals surface area (Å²) < 4.78 is 0.955. The van der Waals surface area contributed by atoms with Crippen molar-refractivity contribution in [3.8, 4) is 0 Å². The lowest BCUT2D eigenvalue weighted by atomic mass is 9.98. The van der Waals surface area contributed by atoms with Gasteiger partial charge in [-0.05, 0) is 52.6 Å². The van der Waals surface area contributed by atoms with Crippen LogP contribution in [0.15, 0.2) is 18.2 Å². The first kappa shape index (κ1) is 14.8. The normalized spacial score (nSPS) is 12.6. The lowest BCUT2D eigenvalue weighted by Crippen LogP contribution is -2.30. The fourth-order valence-electron chi connectivity index (χ4n) is 1.23. The van der Waals surface area contributed by atoms with E-state index in [-0.39, 0.29) is 5.91 Å². The third-order valence-electron chi connectivity index (χ3n) is 2.90. The van der Waals surface area contributed by atoms with Gasteiger partial charge in [0.15, 0.2) is 0 Å². The van der Waals surface area contributed by atoms with Crippen LogP contribution in [0, 0.1) is 15.4 Å². The summed E-state index contributed by atoms with van der Waals surface area (Å²) in [6, 6.07) is 5.35. The summed E-state index contributed by atoms with van der Waals surface area (Å²) in [5.74, 6) is 0.977. The average molecular weight is 366 g/mol. The second kappa shape index (κ2) is 6.59. The Labute approximate surface area is 121 Å². The zero-order chi connectivity index (χ0) is 13.0. The molecular weight excluding hydrogens is 349 g/mol. The van der Waals surface area contributed by atoms with Crippen molar-refractivity contribution < 1.29 is 4.79 Å². The minimum Gasteiger partial charge on any atom is -0.352 e. The van der Waals surface area contributed by atoms with Gasteiger partial charge in [0.1, 0.15) is 0 Å². The van der Waals surface area contributed by atoms with Gasteiger partial charge in [-0.25, -0.2) is 0 Å². The van der Waals surface area contributed by atoms with Gasteiger partial charge in [0.05, 0.1) is 5.02 Å². The predicted octanol–water partition coefficient (Wildman–Crippen LogP) is 3.97. The molecule has 0 aliphatic heterocycles. The molecule has 0 aromatic heterocycles. The minimum absolute atomic E-state index is 0.0594. The van der Waals surface area contributed by atoms with Gasteiger partial charge in [0.2, 0.25) is 0 Å². The van der Waals surface area contributed by atoms with Crippen molar-refractivity contribution in [1.82, 2.24) is 5.32 Å². The van der Waals surface area contributed by atoms with E-state index in [1.165, 1.54) is 0 Å². The molecule has 0 heterocycles. The first-order valence-corrected chi connectivity index (χ1v) is 7.10. The van der Waals surface area contributed by atoms with Crippen molar-refractivity contribution in [2.45, 2.75) is 20.8 Å². The van der Waals surface area contributed by atoms with Gasteiger partial charge >= 0.3 is 0 Å². The number of carbonyl (C=O) groups is 1. The van der Waals surface area contributed by atoms with E-state index in [1.807, 2.05) is 6.07 Å². The highest BCUT2D eigenvalue weighted by Gasteiger charge is 2.11. The lowest BCUT2D eigenvalue weighted by Gasteiger charge is -2.16. The number of halogens is 2. The molecular formula is C13H17ClINO. The van der Waals surface area contributed by atoms with Gasteiger partial charge in [-0.2, -0.15) is 0 Å². The summed E-state index contributed by atoms with van der Waals surface area (Å²) in [4.78, 5) is 11.9. The molecule has 1 rings (SSSR count). The third kappa shape index (κ3) is 4.47. The van der Waals surface area contributed by atoms with E-state index in [0.717, 1.165) is 3.57 Å². The zero-order valence-corrected chi connectivity index (χ0v) is 13.2. The molecule has 0 spiro atoms. The molecule has 1 unspecified atom stereocenters. The fourth-order valence-corrected chi connectivity index (χ4v) is 1.74. The summed E-state index contributed by atoms with van der Waals surface area (Å²) >= 11 is 8.12. The molecule has 0 aliphatic carbocycles. The smallest absolute Gasteiger partial charge is 0.251 e. The maximum atomic E-state index is 11.9. The van der Waals surface area contributed by atoms with E-state index in [0.29, 0.717) is 29.0 Å². The molecule has 1 atom stereocenters. The number of rotatable bonds is 4. The predicted molar refractivity (Wildman–Crippen MR) is 80.5 cm³/mol. The van der Waals surface area contributed by atoms with E-state index in [2.05, 4.69) is 48.7 Å². The molecule has 2 nitrogen and oxygen atoms in total. The Kier molecular flexibility index (Phi) is 5.73. The highest BCUT2D eigenvalue weighted by Crippen LogP contribution is 2.19. The second-order valence-corrected chi connectivity index (χ2v) is 6.13. The maximum Gasteiger partial charge on any atom is 0.251 e. The molecule has 0 fully saturated rings. The van der Waals surface area contributed by atoms with E-state index in [1.54, 1.807) is 12.1 Å². The van der Waals surface area contributed by atoms with Crippen LogP contribution in [-0.4, -0.2) is 12.5 Å². The van der Waals surface area contributed by atoms with Gasteiger partial charge in [0.25, 0.3) is 5.91 Å². The van der Waals surface area contributed by atoms with Crippen LogP contribution in [0.1, 0.15) is 31.1 Å². The number of amides is 1. The summed E-state index contributed by atoms with van der Waals surface area (Å²) in [5, 5.41) is 3.55. The third-order valence-corrected chi connectivity index (χ3v) is 4.48. The Bertz CT molecular complexity index is 406. The maximum absolute atomic E-state index is 11.9. The van der Waals surface area contributed by atoms with Crippen LogP contribution in [0.3, 0.4) is 0 Å². The molecule has 1 N–H and O–H groups in total. The Hall–Kier alpha value is -0.290. The first-order chi connectivity index (χ1) is 7.91. The molecule has 94 valence electrons. The molecule has 0 bridgehead atoms. The van der Waals surface area contributed by atoms with Crippen molar-refractivity contribution >= 4 is 40.1 Å². The van der Waals surface area contributed by atoms with E-state index >= 15 is 0 Å². The quantitative estimate of drug-likeness (QED) is 0.804. The molecule has 4 heteroatoms. The molecule has 0 saturated heterocycles. The van der Waals surface area contributed by atoms with Gasteiger partial charge in [-0.1, -0.05) is 32.4 Å². The van der Waals surface area contributed by atoms with Gasteiger partial charge in [0, 0.05) is 15.7 Å². The van der Waals surface area contributed by atoms with Crippen LogP contribution in [0.25, 0.3) is 0 Å². The minimum atomic E-state index is -0.0594. The summed E-state index contributed by atoms with van der Waals surface area (Å²) in [6.07, 6.45) is 0. The Morgan fingerprint density at radius 2 is 2.06 bits per heavy atom. The van der Waals surface area contributed by atoms with Crippen LogP contribution < -0.4 is 5.32 Å². The van der Waals surface area contributed by atoms with Crippen molar-refractivity contribution in [3.05, 3.63) is 32.4 Å². The molecule has 17 heavy (non-hydrogen) atoms. The fraction of sp³-hybridized carbons (Fsp3) is 0.462. The average Bonchev–Trinajstić information content (AvgIpc) is 2.28. The molecule has 1 aromatic carbocycles. The van der Waals surface area contributed by atoms with E-state index in [9.17, 15) is 4.79 Å². The van der Waals surface area contributed by atoms with Crippen molar-refractivity contribution in [2.24, 2.45) is 11.8 Å². The molecule has 1 amide bonds. The molecule has 0 saturated carbocycles. The molecule has 0 radical (unpaired) electrons. The number of benzene rings is 1. The van der Waals surface area contributed by atoms with Gasteiger partial charge in [-0.3, -0.25) is 4.79 Å². The van der Waals surface area contributed by atoms with Gasteiger partial charge in [-0.15, -0.1) is 0 Å². The lowest BCUT2D eigenvalue weighted by molar-refractivity contribution is 0.0945. The van der Waals surface area contributed by atoms with Crippen LogP contribution in [0.5, 0.6) is 0 Å². The Morgan fingerprint density at radius 3 is 2.59 bits per heavy atom. The van der Waals surface area contributed by atoms with Crippen molar-refractivity contribution in [3.63, 3.8) is 0 Å². The summed E-state index contributed by atoms with van der Waals surface area (Å²) in [5.41, 5.74) is 0.617. The highest BCUT2D eigenvalue weighted by atomic mass is 127. The van der Waals surface area contributed by atoms with Gasteiger partial charge < -0.3 is 5.32 Å². The topological polar surface area (TPSA) is 29.1 Å². The Morgan fingerprint density at radius 1 is 1.41 bits per heavy atom. The van der Waals surface area contributed by atoms with Crippen LogP contribution >= 0.6 is 34.2 Å². The summed E-state index contributed by atoms with van der Waals surface area (Å²) in [6.45, 7) is 7.13. The van der Waals surface area contributed by atoms with Crippen molar-refractivity contribution in [2.75, 3.05) is 6.54 Å². The van der Waals surface area contributed by atoms with Crippen LogP contribution in [-0.2, 0) is 0 Å². The highest BCUT2D eigenvalue weighted by molar-refractivity contribution is 14.1. The molecule has 1 aromatic rings. The zero-order valence-electron chi connectivity index (χ0n) is 10.3. The van der Waals surface area contributed by atoms with E-state index in [4.69, 9.17) is 11.6 Å². The first-order valence-electron chi connectivity index (χ1n) is 5.65. The number of hydrogen-bond acceptors (Lipinski definition) is 1. The van der Waals surface area contributed by atoms with Crippen molar-refractivity contribution in [1.29, 1.82) is 0 Å². The van der Waals surface area contributed by atoms with Crippen LogP contribution in [0.2, 0.25) is 5.02 Å². The Balaban J connectivity index is 2.61. The summed E-state index contributed by atoms with van der Waals surface area (Å²) in [7, 11) is 0. The second-order valence-electron chi connectivity index (χ2n) is 4.56. The monoisotopic (exact) mass is 365 g/mol. The van der Waals surface area contributed by atoms with E-state index < -0.39 is 0 Å². The SMILES string of the molecule is CC(C)C(C)CNC(=O)c1ccc(I)c(Cl)c1. The van der Waals surface area contributed by atoms with Crippen LogP contribution in [0.4, 0.5) is 0 Å². The number of hydrogen-bond donors (Lipinski definition) is 1. The molecule has 0 aliphatic rings. The number of nitrogens with one attached hydrogen (secondary N) is 1. The standard InChI is InChI=1S/C13H17ClINO/c1-8(2)9(3)7-16-13(17)10-4-5-12(15)11(14)6-10/h4-6,8-9H,7H2,1-3H3,(H,16,17). The number of carbonyl (C=O) groups excluding carboxylic acids is 1. The largest absolute Gasteiger partial charge is 0.352 e.